The number of hydrogen-bond donors (Lipinski definition) is 0. The number of nitrogens with zero attached hydrogens (tertiary/aromatic N) is 2. The lowest BCUT2D eigenvalue weighted by molar-refractivity contribution is 0.0730. The normalized spacial score (nSPS) is 22.1. The van der Waals surface area contributed by atoms with E-state index in [0.29, 0.717) is 39.4 Å². The molecule has 30 heavy (non-hydrogen) atoms. The van der Waals surface area contributed by atoms with Crippen LogP contribution in [0.4, 0.5) is 0 Å². The first-order valence-corrected chi connectivity index (χ1v) is 13.0. The third-order valence-corrected chi connectivity index (χ3v) is 9.52. The van der Waals surface area contributed by atoms with Gasteiger partial charge in [-0.1, -0.05) is 30.3 Å². The molecule has 0 radical (unpaired) electrons. The zero-order valence-electron chi connectivity index (χ0n) is 16.7. The highest BCUT2D eigenvalue weighted by Crippen LogP contribution is 2.30. The highest BCUT2D eigenvalue weighted by atomic mass is 32.2. The van der Waals surface area contributed by atoms with Crippen LogP contribution in [-0.4, -0.2) is 64.8 Å². The number of ether oxygens (including phenoxy) is 1. The van der Waals surface area contributed by atoms with Gasteiger partial charge in [-0.05, 0) is 48.6 Å². The Morgan fingerprint density at radius 1 is 0.733 bits per heavy atom. The second-order valence-electron chi connectivity index (χ2n) is 7.60. The molecule has 0 bridgehead atoms. The van der Waals surface area contributed by atoms with E-state index in [9.17, 15) is 16.8 Å². The summed E-state index contributed by atoms with van der Waals surface area (Å²) in [5.74, 6) is 0.163. The van der Waals surface area contributed by atoms with Crippen molar-refractivity contribution in [2.45, 2.75) is 28.6 Å². The van der Waals surface area contributed by atoms with Crippen LogP contribution in [-0.2, 0) is 24.8 Å². The molecule has 2 aliphatic heterocycles. The Labute approximate surface area is 178 Å². The Kier molecular flexibility index (Phi) is 6.26. The molecule has 0 spiro atoms. The first-order chi connectivity index (χ1) is 14.4. The molecule has 2 fully saturated rings. The van der Waals surface area contributed by atoms with Gasteiger partial charge in [-0.25, -0.2) is 16.8 Å². The first kappa shape index (κ1) is 21.5. The molecule has 0 saturated carbocycles. The summed E-state index contributed by atoms with van der Waals surface area (Å²) in [6, 6.07) is 15.5. The van der Waals surface area contributed by atoms with Crippen LogP contribution in [0.2, 0.25) is 0 Å². The summed E-state index contributed by atoms with van der Waals surface area (Å²) in [5, 5.41) is 0. The third-order valence-electron chi connectivity index (χ3n) is 5.72. The number of morpholine rings is 1. The van der Waals surface area contributed by atoms with Crippen molar-refractivity contribution >= 4 is 20.0 Å². The molecule has 9 heteroatoms. The third kappa shape index (κ3) is 4.31. The van der Waals surface area contributed by atoms with Crippen LogP contribution in [0.3, 0.4) is 0 Å². The Morgan fingerprint density at radius 2 is 1.30 bits per heavy atom. The Balaban J connectivity index is 1.53. The van der Waals surface area contributed by atoms with Crippen LogP contribution < -0.4 is 0 Å². The van der Waals surface area contributed by atoms with Gasteiger partial charge in [0.1, 0.15) is 0 Å². The topological polar surface area (TPSA) is 84.0 Å². The van der Waals surface area contributed by atoms with E-state index >= 15 is 0 Å². The van der Waals surface area contributed by atoms with Crippen LogP contribution in [0.1, 0.15) is 24.3 Å². The molecule has 0 N–H and O–H groups in total. The highest BCUT2D eigenvalue weighted by Gasteiger charge is 2.32. The van der Waals surface area contributed by atoms with E-state index in [1.54, 1.807) is 0 Å². The van der Waals surface area contributed by atoms with E-state index in [4.69, 9.17) is 4.74 Å². The predicted molar refractivity (Wildman–Crippen MR) is 113 cm³/mol. The highest BCUT2D eigenvalue weighted by molar-refractivity contribution is 7.89. The van der Waals surface area contributed by atoms with E-state index in [1.165, 1.54) is 32.9 Å². The Bertz CT molecular complexity index is 1060. The molecule has 0 aliphatic carbocycles. The van der Waals surface area contributed by atoms with Crippen molar-refractivity contribution < 1.29 is 21.6 Å². The van der Waals surface area contributed by atoms with Crippen LogP contribution in [0.5, 0.6) is 0 Å². The zero-order valence-corrected chi connectivity index (χ0v) is 18.3. The predicted octanol–water partition coefficient (Wildman–Crippen LogP) is 2.28. The summed E-state index contributed by atoms with van der Waals surface area (Å²) >= 11 is 0. The number of piperidine rings is 1. The molecule has 2 aromatic carbocycles. The van der Waals surface area contributed by atoms with Crippen molar-refractivity contribution in [1.29, 1.82) is 0 Å². The number of sulfonamides is 2. The monoisotopic (exact) mass is 450 g/mol. The van der Waals surface area contributed by atoms with Gasteiger partial charge in [0.15, 0.2) is 0 Å². The average molecular weight is 451 g/mol. The maximum Gasteiger partial charge on any atom is 0.243 e. The SMILES string of the molecule is O=S(=O)(c1ccc(S(=O)(=O)N2CCCC(c3ccccc3)C2)cc1)N1CCOCC1. The minimum atomic E-state index is -3.69. The van der Waals surface area contributed by atoms with Gasteiger partial charge in [-0.3, -0.25) is 0 Å². The smallest absolute Gasteiger partial charge is 0.243 e. The fourth-order valence-electron chi connectivity index (χ4n) is 4.03. The van der Waals surface area contributed by atoms with Gasteiger partial charge in [0.2, 0.25) is 20.0 Å². The number of hydrogen-bond acceptors (Lipinski definition) is 5. The lowest BCUT2D eigenvalue weighted by Crippen LogP contribution is -2.40. The van der Waals surface area contributed by atoms with Gasteiger partial charge in [-0.2, -0.15) is 8.61 Å². The van der Waals surface area contributed by atoms with E-state index in [2.05, 4.69) is 0 Å². The molecular weight excluding hydrogens is 424 g/mol. The van der Waals surface area contributed by atoms with Gasteiger partial charge in [0.05, 0.1) is 23.0 Å². The fourth-order valence-corrected chi connectivity index (χ4v) is 6.96. The largest absolute Gasteiger partial charge is 0.379 e. The summed E-state index contributed by atoms with van der Waals surface area (Å²) in [7, 11) is -7.33. The summed E-state index contributed by atoms with van der Waals surface area (Å²) in [6.45, 7) is 2.24. The lowest BCUT2D eigenvalue weighted by atomic mass is 9.92. The molecule has 1 unspecified atom stereocenters. The molecule has 2 heterocycles. The van der Waals surface area contributed by atoms with E-state index < -0.39 is 20.0 Å². The quantitative estimate of drug-likeness (QED) is 0.698. The fraction of sp³-hybridized carbons (Fsp3) is 0.429. The van der Waals surface area contributed by atoms with E-state index in [0.717, 1.165) is 18.4 Å². The van der Waals surface area contributed by atoms with Crippen molar-refractivity contribution in [2.24, 2.45) is 0 Å². The minimum Gasteiger partial charge on any atom is -0.379 e. The molecule has 0 aromatic heterocycles. The van der Waals surface area contributed by atoms with Crippen molar-refractivity contribution in [3.8, 4) is 0 Å². The minimum absolute atomic E-state index is 0.101. The van der Waals surface area contributed by atoms with Gasteiger partial charge < -0.3 is 4.74 Å². The maximum atomic E-state index is 13.2. The Hall–Kier alpha value is -1.78. The average Bonchev–Trinajstić information content (AvgIpc) is 2.80. The maximum absolute atomic E-state index is 13.2. The second-order valence-corrected chi connectivity index (χ2v) is 11.5. The Morgan fingerprint density at radius 3 is 1.90 bits per heavy atom. The number of rotatable bonds is 5. The molecular formula is C21H26N2O5S2. The summed E-state index contributed by atoms with van der Waals surface area (Å²) in [6.07, 6.45) is 1.75. The first-order valence-electron chi connectivity index (χ1n) is 10.1. The van der Waals surface area contributed by atoms with Gasteiger partial charge >= 0.3 is 0 Å². The van der Waals surface area contributed by atoms with Crippen molar-refractivity contribution in [2.75, 3.05) is 39.4 Å². The summed E-state index contributed by atoms with van der Waals surface area (Å²) in [4.78, 5) is 0.223. The molecule has 2 saturated heterocycles. The molecule has 7 nitrogen and oxygen atoms in total. The second kappa shape index (κ2) is 8.76. The van der Waals surface area contributed by atoms with Crippen LogP contribution >= 0.6 is 0 Å². The summed E-state index contributed by atoms with van der Waals surface area (Å²) < 4.78 is 60.0. The molecule has 162 valence electrons. The standard InChI is InChI=1S/C21H26N2O5S2/c24-29(25,22-13-15-28-16-14-22)20-8-10-21(11-9-20)30(26,27)23-12-4-7-19(17-23)18-5-2-1-3-6-18/h1-3,5-6,8-11,19H,4,7,12-17H2. The lowest BCUT2D eigenvalue weighted by Gasteiger charge is -2.32. The molecule has 4 rings (SSSR count). The van der Waals surface area contributed by atoms with E-state index in [-0.39, 0.29) is 15.7 Å². The van der Waals surface area contributed by atoms with Crippen molar-refractivity contribution in [1.82, 2.24) is 8.61 Å². The zero-order chi connectivity index (χ0) is 21.2. The van der Waals surface area contributed by atoms with E-state index in [1.807, 2.05) is 30.3 Å². The van der Waals surface area contributed by atoms with Gasteiger partial charge in [0, 0.05) is 26.2 Å². The molecule has 0 amide bonds. The van der Waals surface area contributed by atoms with Crippen molar-refractivity contribution in [3.05, 3.63) is 60.2 Å². The van der Waals surface area contributed by atoms with Gasteiger partial charge in [-0.15, -0.1) is 0 Å². The number of benzene rings is 2. The molecule has 2 aliphatic rings. The van der Waals surface area contributed by atoms with Crippen LogP contribution in [0.15, 0.2) is 64.4 Å². The molecule has 1 atom stereocenters. The van der Waals surface area contributed by atoms with Gasteiger partial charge in [0.25, 0.3) is 0 Å². The van der Waals surface area contributed by atoms with Crippen LogP contribution in [0.25, 0.3) is 0 Å². The van der Waals surface area contributed by atoms with Crippen molar-refractivity contribution in [3.63, 3.8) is 0 Å². The molecule has 2 aromatic rings. The van der Waals surface area contributed by atoms with Crippen LogP contribution in [0, 0.1) is 0 Å². The summed E-state index contributed by atoms with van der Waals surface area (Å²) in [5.41, 5.74) is 1.14.